The molecule has 0 saturated carbocycles. The second-order valence-corrected chi connectivity index (χ2v) is 6.91. The number of benzene rings is 1. The Hall–Kier alpha value is -0.666. The molecule has 0 heterocycles. The minimum absolute atomic E-state index is 0. The zero-order chi connectivity index (χ0) is 12.7. The molecule has 0 radical (unpaired) electrons. The summed E-state index contributed by atoms with van der Waals surface area (Å²) in [5.74, 6) is 0. The van der Waals surface area contributed by atoms with Crippen molar-refractivity contribution >= 4 is 25.5 Å². The maximum Gasteiger partial charge on any atom is 0.502 e. The van der Waals surface area contributed by atoms with Crippen LogP contribution in [0.1, 0.15) is 6.92 Å². The zero-order valence-electron chi connectivity index (χ0n) is 10.9. The van der Waals surface area contributed by atoms with Gasteiger partial charge in [-0.3, -0.25) is 0 Å². The molecule has 0 amide bonds. The summed E-state index contributed by atoms with van der Waals surface area (Å²) in [6.45, 7) is 2.09. The van der Waals surface area contributed by atoms with Crippen molar-refractivity contribution < 1.29 is 13.3 Å². The van der Waals surface area contributed by atoms with Gasteiger partial charge in [0.15, 0.2) is 0 Å². The van der Waals surface area contributed by atoms with Gasteiger partial charge in [-0.05, 0) is 30.0 Å². The molecule has 6 heteroatoms. The van der Waals surface area contributed by atoms with Crippen LogP contribution in [-0.4, -0.2) is 47.1 Å². The van der Waals surface area contributed by atoms with Gasteiger partial charge < -0.3 is 18.6 Å². The summed E-state index contributed by atoms with van der Waals surface area (Å²) in [6, 6.07) is 11.0. The molecule has 0 aliphatic carbocycles. The van der Waals surface area contributed by atoms with Crippen LogP contribution in [0.25, 0.3) is 0 Å². The first-order valence-electron chi connectivity index (χ1n) is 5.63. The van der Waals surface area contributed by atoms with Crippen molar-refractivity contribution in [2.75, 3.05) is 26.6 Å². The maximum atomic E-state index is 5.40. The first kappa shape index (κ1) is 17.3. The predicted molar refractivity (Wildman–Crippen MR) is 82.4 cm³/mol. The molecule has 0 spiro atoms. The van der Waals surface area contributed by atoms with Gasteiger partial charge in [0, 0.05) is 39.1 Å². The fourth-order valence-corrected chi connectivity index (χ4v) is 3.60. The highest BCUT2D eigenvalue weighted by atomic mass is 28.4. The van der Waals surface area contributed by atoms with Gasteiger partial charge in [-0.15, -0.1) is 0 Å². The lowest BCUT2D eigenvalue weighted by atomic mass is 10.3. The zero-order valence-corrected chi connectivity index (χ0v) is 11.9. The molecule has 0 bridgehead atoms. The fourth-order valence-electron chi connectivity index (χ4n) is 1.74. The van der Waals surface area contributed by atoms with Gasteiger partial charge in [0.05, 0.1) is 0 Å². The Balaban J connectivity index is 0.00000289. The van der Waals surface area contributed by atoms with Gasteiger partial charge in [0.25, 0.3) is 0 Å². The topological polar surface area (TPSA) is 39.7 Å². The van der Waals surface area contributed by atoms with E-state index in [0.717, 1.165) is 11.7 Å². The molecule has 0 aliphatic heterocycles. The predicted octanol–water partition coefficient (Wildman–Crippen LogP) is 0.913. The van der Waals surface area contributed by atoms with Crippen LogP contribution in [-0.2, 0) is 13.3 Å². The molecule has 4 nitrogen and oxygen atoms in total. The van der Waals surface area contributed by atoms with Crippen molar-refractivity contribution in [2.45, 2.75) is 19.0 Å². The molecule has 1 N–H and O–H groups in total. The number of anilines is 1. The number of hydrogen-bond donors (Lipinski definition) is 1. The molecule has 0 aromatic heterocycles. The van der Waals surface area contributed by atoms with Crippen molar-refractivity contribution in [3.63, 3.8) is 0 Å². The average molecular weight is 288 g/mol. The molecule has 1 unspecified atom stereocenters. The molecule has 0 saturated heterocycles. The van der Waals surface area contributed by atoms with Gasteiger partial charge in [0.2, 0.25) is 0 Å². The van der Waals surface area contributed by atoms with E-state index in [1.54, 1.807) is 21.3 Å². The molecule has 104 valence electrons. The third kappa shape index (κ3) is 4.91. The maximum absolute atomic E-state index is 5.40. The average Bonchev–Trinajstić information content (AvgIpc) is 2.37. The molecule has 1 aromatic carbocycles. The van der Waals surface area contributed by atoms with Crippen LogP contribution in [0.3, 0.4) is 0 Å². The molecular weight excluding hydrogens is 262 g/mol. The van der Waals surface area contributed by atoms with Gasteiger partial charge >= 0.3 is 8.80 Å². The van der Waals surface area contributed by atoms with Crippen molar-refractivity contribution in [1.29, 1.82) is 0 Å². The highest BCUT2D eigenvalue weighted by Crippen LogP contribution is 2.18. The van der Waals surface area contributed by atoms with E-state index in [9.17, 15) is 0 Å². The minimum atomic E-state index is -2.50. The van der Waals surface area contributed by atoms with Crippen LogP contribution in [0.5, 0.6) is 0 Å². The largest absolute Gasteiger partial charge is 0.502 e. The Labute approximate surface area is 115 Å². The van der Waals surface area contributed by atoms with Crippen molar-refractivity contribution in [1.82, 2.24) is 0 Å². The number of hydrogen-bond acceptors (Lipinski definition) is 4. The van der Waals surface area contributed by atoms with Crippen LogP contribution in [0.15, 0.2) is 30.3 Å². The standard InChI is InChI=1S/C12H21NO3Si.H4Si/c1-11(10-17(14-2,15-3)16-4)13-12-8-6-5-7-9-12;/h5-9,11,13H,10H2,1-4H3;1H4. The molecule has 18 heavy (non-hydrogen) atoms. The Morgan fingerprint density at radius 3 is 2.00 bits per heavy atom. The number of nitrogens with one attached hydrogen (secondary N) is 1. The van der Waals surface area contributed by atoms with Gasteiger partial charge in [-0.25, -0.2) is 0 Å². The summed E-state index contributed by atoms with van der Waals surface area (Å²) in [6.07, 6.45) is 0. The minimum Gasteiger partial charge on any atom is -0.383 e. The monoisotopic (exact) mass is 287 g/mol. The fraction of sp³-hybridized carbons (Fsp3) is 0.500. The first-order chi connectivity index (χ1) is 8.15. The lowest BCUT2D eigenvalue weighted by Gasteiger charge is -2.27. The van der Waals surface area contributed by atoms with E-state index in [0.29, 0.717) is 0 Å². The van der Waals surface area contributed by atoms with E-state index >= 15 is 0 Å². The SMILES string of the molecule is CO[Si](CC(C)Nc1ccccc1)(OC)OC.[SiH4]. The van der Waals surface area contributed by atoms with Crippen LogP contribution in [0.2, 0.25) is 6.04 Å². The Morgan fingerprint density at radius 1 is 1.06 bits per heavy atom. The molecule has 1 rings (SSSR count). The van der Waals surface area contributed by atoms with Gasteiger partial charge in [-0.2, -0.15) is 0 Å². The van der Waals surface area contributed by atoms with E-state index in [1.807, 2.05) is 30.3 Å². The third-order valence-electron chi connectivity index (χ3n) is 2.68. The van der Waals surface area contributed by atoms with E-state index in [4.69, 9.17) is 13.3 Å². The Morgan fingerprint density at radius 2 is 1.56 bits per heavy atom. The van der Waals surface area contributed by atoms with Gasteiger partial charge in [-0.1, -0.05) is 18.2 Å². The number of rotatable bonds is 7. The molecular formula is C12H25NO3Si2. The lowest BCUT2D eigenvalue weighted by molar-refractivity contribution is 0.122. The summed E-state index contributed by atoms with van der Waals surface area (Å²) < 4.78 is 16.2. The summed E-state index contributed by atoms with van der Waals surface area (Å²) in [5, 5.41) is 3.39. The van der Waals surface area contributed by atoms with E-state index in [1.165, 1.54) is 0 Å². The van der Waals surface area contributed by atoms with Crippen LogP contribution in [0.4, 0.5) is 5.69 Å². The molecule has 0 fully saturated rings. The van der Waals surface area contributed by atoms with Gasteiger partial charge in [0.1, 0.15) is 0 Å². The Kier molecular flexibility index (Phi) is 8.13. The van der Waals surface area contributed by atoms with E-state index in [-0.39, 0.29) is 17.0 Å². The van der Waals surface area contributed by atoms with Crippen LogP contribution in [0, 0.1) is 0 Å². The Bertz CT molecular complexity index is 312. The second-order valence-electron chi connectivity index (χ2n) is 3.91. The summed E-state index contributed by atoms with van der Waals surface area (Å²) in [5.41, 5.74) is 1.09. The molecule has 0 aliphatic rings. The normalized spacial score (nSPS) is 12.7. The first-order valence-corrected chi connectivity index (χ1v) is 7.56. The van der Waals surface area contributed by atoms with Crippen LogP contribution >= 0.6 is 0 Å². The van der Waals surface area contributed by atoms with Crippen molar-refractivity contribution in [3.8, 4) is 0 Å². The quantitative estimate of drug-likeness (QED) is 0.757. The highest BCUT2D eigenvalue weighted by Gasteiger charge is 2.39. The number of para-hydroxylation sites is 1. The smallest absolute Gasteiger partial charge is 0.383 e. The third-order valence-corrected chi connectivity index (χ3v) is 5.65. The van der Waals surface area contributed by atoms with Crippen LogP contribution < -0.4 is 5.32 Å². The molecule has 1 atom stereocenters. The van der Waals surface area contributed by atoms with Crippen molar-refractivity contribution in [3.05, 3.63) is 30.3 Å². The van der Waals surface area contributed by atoms with Crippen molar-refractivity contribution in [2.24, 2.45) is 0 Å². The summed E-state index contributed by atoms with van der Waals surface area (Å²) in [7, 11) is 2.40. The summed E-state index contributed by atoms with van der Waals surface area (Å²) >= 11 is 0. The summed E-state index contributed by atoms with van der Waals surface area (Å²) in [4.78, 5) is 0. The second kappa shape index (κ2) is 8.44. The molecule has 1 aromatic rings. The van der Waals surface area contributed by atoms with E-state index < -0.39 is 8.80 Å². The van der Waals surface area contributed by atoms with E-state index in [2.05, 4.69) is 12.2 Å². The lowest BCUT2D eigenvalue weighted by Crippen LogP contribution is -2.46. The highest BCUT2D eigenvalue weighted by molar-refractivity contribution is 6.60.